The lowest BCUT2D eigenvalue weighted by atomic mass is 9.88. The van der Waals surface area contributed by atoms with Gasteiger partial charge >= 0.3 is 0 Å². The second-order valence-electron chi connectivity index (χ2n) is 10.0. The molecule has 1 aromatic heterocycles. The van der Waals surface area contributed by atoms with Crippen molar-refractivity contribution in [3.63, 3.8) is 0 Å². The summed E-state index contributed by atoms with van der Waals surface area (Å²) in [7, 11) is 1.60. The van der Waals surface area contributed by atoms with Gasteiger partial charge in [0, 0.05) is 43.1 Å². The average Bonchev–Trinajstić information content (AvgIpc) is 3.37. The molecule has 3 aromatic rings. The molecular weight excluding hydrogens is 537 g/mol. The highest BCUT2D eigenvalue weighted by Crippen LogP contribution is 2.32. The Kier molecular flexibility index (Phi) is 10.7. The lowest BCUT2D eigenvalue weighted by molar-refractivity contribution is -0.120. The van der Waals surface area contributed by atoms with E-state index in [0.717, 1.165) is 53.9 Å². The number of ether oxygens (including phenoxy) is 1. The molecular formula is C29H37Cl2N5O3. The maximum Gasteiger partial charge on any atom is 0.257 e. The summed E-state index contributed by atoms with van der Waals surface area (Å²) in [5, 5.41) is 3.16. The van der Waals surface area contributed by atoms with E-state index in [4.69, 9.17) is 4.74 Å². The molecule has 0 radical (unpaired) electrons. The van der Waals surface area contributed by atoms with Crippen molar-refractivity contribution in [2.45, 2.75) is 52.1 Å². The Balaban J connectivity index is 0.00000210. The Morgan fingerprint density at radius 2 is 1.90 bits per heavy atom. The van der Waals surface area contributed by atoms with Crippen molar-refractivity contribution in [1.82, 2.24) is 14.9 Å². The van der Waals surface area contributed by atoms with Crippen LogP contribution in [0.15, 0.2) is 48.9 Å². The van der Waals surface area contributed by atoms with Crippen LogP contribution >= 0.6 is 24.8 Å². The van der Waals surface area contributed by atoms with E-state index >= 15 is 0 Å². The Bertz CT molecular complexity index is 1260. The molecule has 1 fully saturated rings. The SMILES string of the molecule is COc1c(C)cccc1C(=O)N1CCN(Cc2cnc[nH]2)c2cc(NC(=O)C3CCCCC3)ccc2C1.Cl.Cl. The summed E-state index contributed by atoms with van der Waals surface area (Å²) < 4.78 is 5.57. The molecule has 1 saturated carbocycles. The van der Waals surface area contributed by atoms with Crippen molar-refractivity contribution < 1.29 is 14.3 Å². The predicted molar refractivity (Wildman–Crippen MR) is 158 cm³/mol. The Labute approximate surface area is 242 Å². The number of carbonyl (C=O) groups is 2. The van der Waals surface area contributed by atoms with Gasteiger partial charge in [0.15, 0.2) is 0 Å². The molecule has 2 heterocycles. The molecule has 0 unspecified atom stereocenters. The molecule has 210 valence electrons. The number of methoxy groups -OCH3 is 1. The van der Waals surface area contributed by atoms with Crippen molar-refractivity contribution in [3.8, 4) is 5.75 Å². The van der Waals surface area contributed by atoms with Crippen LogP contribution < -0.4 is 15.0 Å². The number of carbonyl (C=O) groups excluding carboxylic acids is 2. The molecule has 39 heavy (non-hydrogen) atoms. The van der Waals surface area contributed by atoms with Crippen LogP contribution in [0.5, 0.6) is 5.75 Å². The lowest BCUT2D eigenvalue weighted by Gasteiger charge is -2.25. The van der Waals surface area contributed by atoms with Crippen LogP contribution in [0.1, 0.15) is 59.3 Å². The minimum absolute atomic E-state index is 0. The molecule has 2 aromatic carbocycles. The fourth-order valence-electron chi connectivity index (χ4n) is 5.50. The van der Waals surface area contributed by atoms with E-state index < -0.39 is 0 Å². The highest BCUT2D eigenvalue weighted by Gasteiger charge is 2.27. The molecule has 0 saturated heterocycles. The van der Waals surface area contributed by atoms with Crippen molar-refractivity contribution in [2.75, 3.05) is 30.4 Å². The summed E-state index contributed by atoms with van der Waals surface area (Å²) in [5.41, 5.74) is 5.34. The maximum atomic E-state index is 13.7. The Hall–Kier alpha value is -3.23. The number of aryl methyl sites for hydroxylation is 1. The smallest absolute Gasteiger partial charge is 0.257 e. The molecule has 2 amide bonds. The summed E-state index contributed by atoms with van der Waals surface area (Å²) in [6, 6.07) is 11.7. The van der Waals surface area contributed by atoms with Gasteiger partial charge in [-0.1, -0.05) is 37.5 Å². The predicted octanol–water partition coefficient (Wildman–Crippen LogP) is 5.75. The number of nitrogens with one attached hydrogen (secondary N) is 2. The van der Waals surface area contributed by atoms with E-state index in [1.54, 1.807) is 13.4 Å². The molecule has 0 atom stereocenters. The number of benzene rings is 2. The van der Waals surface area contributed by atoms with Gasteiger partial charge in [-0.25, -0.2) is 4.98 Å². The van der Waals surface area contributed by atoms with E-state index in [1.165, 1.54) is 6.42 Å². The molecule has 8 nitrogen and oxygen atoms in total. The first-order valence-corrected chi connectivity index (χ1v) is 13.1. The molecule has 2 N–H and O–H groups in total. The van der Waals surface area contributed by atoms with E-state index in [-0.39, 0.29) is 42.5 Å². The zero-order chi connectivity index (χ0) is 25.8. The number of amides is 2. The highest BCUT2D eigenvalue weighted by molar-refractivity contribution is 5.97. The van der Waals surface area contributed by atoms with Crippen LogP contribution in [0.3, 0.4) is 0 Å². The zero-order valence-corrected chi connectivity index (χ0v) is 24.1. The number of halogens is 2. The number of anilines is 2. The molecule has 1 aliphatic heterocycles. The van der Waals surface area contributed by atoms with E-state index in [0.29, 0.717) is 37.5 Å². The minimum atomic E-state index is -0.0513. The van der Waals surface area contributed by atoms with E-state index in [2.05, 4.69) is 20.2 Å². The number of aromatic amines is 1. The second kappa shape index (κ2) is 13.7. The standard InChI is InChI=1S/C29H35N5O3.2ClH/c1-20-7-6-10-25(27(20)37-2)29(36)34-14-13-33(18-24-16-30-19-31-24)26-15-23(12-11-22(26)17-34)32-28(35)21-8-4-3-5-9-21;;/h6-7,10-12,15-16,19,21H,3-5,8-9,13-14,17-18H2,1-2H3,(H,30,31)(H,32,35);2*1H. The van der Waals surface area contributed by atoms with Crippen molar-refractivity contribution >= 4 is 48.0 Å². The van der Waals surface area contributed by atoms with Gasteiger partial charge in [-0.3, -0.25) is 9.59 Å². The summed E-state index contributed by atoms with van der Waals surface area (Å²) in [5.74, 6) is 0.763. The summed E-state index contributed by atoms with van der Waals surface area (Å²) >= 11 is 0. The third-order valence-corrected chi connectivity index (χ3v) is 7.52. The van der Waals surface area contributed by atoms with Gasteiger partial charge in [0.25, 0.3) is 5.91 Å². The molecule has 0 bridgehead atoms. The number of H-pyrrole nitrogens is 1. The molecule has 1 aliphatic carbocycles. The molecule has 2 aliphatic rings. The van der Waals surface area contributed by atoms with Crippen LogP contribution in [0, 0.1) is 12.8 Å². The van der Waals surface area contributed by atoms with Crippen LogP contribution in [-0.2, 0) is 17.9 Å². The number of nitrogens with zero attached hydrogens (tertiary/aromatic N) is 3. The summed E-state index contributed by atoms with van der Waals surface area (Å²) in [4.78, 5) is 38.1. The van der Waals surface area contributed by atoms with Gasteiger partial charge in [0.1, 0.15) is 5.75 Å². The number of imidazole rings is 1. The van der Waals surface area contributed by atoms with Crippen LogP contribution in [0.4, 0.5) is 11.4 Å². The lowest BCUT2D eigenvalue weighted by Crippen LogP contribution is -2.35. The van der Waals surface area contributed by atoms with Crippen LogP contribution in [0.2, 0.25) is 0 Å². The number of fused-ring (bicyclic) bond motifs is 1. The first-order valence-electron chi connectivity index (χ1n) is 13.1. The van der Waals surface area contributed by atoms with Gasteiger partial charge in [-0.15, -0.1) is 24.8 Å². The van der Waals surface area contributed by atoms with Gasteiger partial charge < -0.3 is 24.8 Å². The van der Waals surface area contributed by atoms with Gasteiger partial charge in [-0.05, 0) is 49.1 Å². The second-order valence-corrected chi connectivity index (χ2v) is 10.0. The number of hydrogen-bond acceptors (Lipinski definition) is 5. The molecule has 10 heteroatoms. The molecule has 0 spiro atoms. The quantitative estimate of drug-likeness (QED) is 0.391. The number of para-hydroxylation sites is 1. The minimum Gasteiger partial charge on any atom is -0.496 e. The summed E-state index contributed by atoms with van der Waals surface area (Å²) in [6.07, 6.45) is 8.87. The van der Waals surface area contributed by atoms with Crippen LogP contribution in [0.25, 0.3) is 0 Å². The maximum absolute atomic E-state index is 13.7. The number of aromatic nitrogens is 2. The Morgan fingerprint density at radius 1 is 1.10 bits per heavy atom. The van der Waals surface area contributed by atoms with Crippen LogP contribution in [-0.4, -0.2) is 46.9 Å². The third kappa shape index (κ3) is 6.86. The van der Waals surface area contributed by atoms with Crippen molar-refractivity contribution in [2.24, 2.45) is 5.92 Å². The average molecular weight is 575 g/mol. The zero-order valence-electron chi connectivity index (χ0n) is 22.4. The van der Waals surface area contributed by atoms with Crippen molar-refractivity contribution in [3.05, 3.63) is 71.3 Å². The van der Waals surface area contributed by atoms with E-state index in [9.17, 15) is 9.59 Å². The number of rotatable bonds is 6. The highest BCUT2D eigenvalue weighted by atomic mass is 35.5. The molecule has 5 rings (SSSR count). The van der Waals surface area contributed by atoms with Gasteiger partial charge in [0.2, 0.25) is 5.91 Å². The largest absolute Gasteiger partial charge is 0.496 e. The first-order chi connectivity index (χ1) is 18.0. The first kappa shape index (κ1) is 30.3. The third-order valence-electron chi connectivity index (χ3n) is 7.52. The fraction of sp³-hybridized carbons (Fsp3) is 0.414. The Morgan fingerprint density at radius 3 is 2.62 bits per heavy atom. The van der Waals surface area contributed by atoms with Gasteiger partial charge in [0.05, 0.1) is 31.2 Å². The monoisotopic (exact) mass is 573 g/mol. The summed E-state index contributed by atoms with van der Waals surface area (Å²) in [6.45, 7) is 4.25. The normalized spacial score (nSPS) is 15.3. The van der Waals surface area contributed by atoms with Crippen molar-refractivity contribution in [1.29, 1.82) is 0 Å². The van der Waals surface area contributed by atoms with Gasteiger partial charge in [-0.2, -0.15) is 0 Å². The van der Waals surface area contributed by atoms with E-state index in [1.807, 2.05) is 54.4 Å². The fourth-order valence-corrected chi connectivity index (χ4v) is 5.50. The number of hydrogen-bond donors (Lipinski definition) is 2. The topological polar surface area (TPSA) is 90.6 Å².